The number of carboxylic acids is 1. The van der Waals surface area contributed by atoms with Gasteiger partial charge in [-0.1, -0.05) is 54.6 Å². The molecule has 0 radical (unpaired) electrons. The van der Waals surface area contributed by atoms with Crippen LogP contribution in [0.4, 0.5) is 13.2 Å². The molecule has 1 fully saturated rings. The molecule has 0 unspecified atom stereocenters. The van der Waals surface area contributed by atoms with Gasteiger partial charge >= 0.3 is 12.1 Å². The first-order chi connectivity index (χ1) is 24.6. The molecule has 1 saturated heterocycles. The van der Waals surface area contributed by atoms with E-state index in [-0.39, 0.29) is 11.8 Å². The van der Waals surface area contributed by atoms with Gasteiger partial charge in [-0.05, 0) is 96.7 Å². The van der Waals surface area contributed by atoms with Crippen LogP contribution in [0.2, 0.25) is 0 Å². The van der Waals surface area contributed by atoms with Crippen LogP contribution < -0.4 is 5.32 Å². The number of halogens is 3. The van der Waals surface area contributed by atoms with E-state index in [2.05, 4.69) is 63.0 Å². The lowest BCUT2D eigenvalue weighted by Crippen LogP contribution is -2.33. The van der Waals surface area contributed by atoms with Gasteiger partial charge < -0.3 is 25.2 Å². The minimum absolute atomic E-state index is 0.0391. The van der Waals surface area contributed by atoms with E-state index in [1.165, 1.54) is 28.7 Å². The van der Waals surface area contributed by atoms with Crippen LogP contribution in [0.15, 0.2) is 96.5 Å². The van der Waals surface area contributed by atoms with Crippen molar-refractivity contribution in [2.45, 2.75) is 44.8 Å². The number of carboxylic acid groups (broad SMARTS) is 1. The second kappa shape index (κ2) is 17.8. The Morgan fingerprint density at radius 3 is 2.35 bits per heavy atom. The number of rotatable bonds is 13. The zero-order valence-electron chi connectivity index (χ0n) is 28.1. The monoisotopic (exact) mass is 718 g/mol. The molecular weight excluding hydrogens is 678 g/mol. The van der Waals surface area contributed by atoms with Gasteiger partial charge in [0.25, 0.3) is 5.91 Å². The summed E-state index contributed by atoms with van der Waals surface area (Å²) in [6, 6.07) is 28.6. The van der Waals surface area contributed by atoms with Crippen molar-refractivity contribution in [1.82, 2.24) is 20.1 Å². The zero-order valence-corrected chi connectivity index (χ0v) is 28.9. The van der Waals surface area contributed by atoms with Crippen molar-refractivity contribution in [2.75, 3.05) is 32.7 Å². The average Bonchev–Trinajstić information content (AvgIpc) is 3.92. The molecule has 3 heterocycles. The summed E-state index contributed by atoms with van der Waals surface area (Å²) < 4.78 is 31.7. The molecule has 51 heavy (non-hydrogen) atoms. The Hall–Kier alpha value is -4.94. The molecule has 6 rings (SSSR count). The lowest BCUT2D eigenvalue weighted by atomic mass is 10.0. The number of hydrogen-bond acceptors (Lipinski definition) is 5. The lowest BCUT2D eigenvalue weighted by molar-refractivity contribution is -0.192. The molecule has 268 valence electrons. The van der Waals surface area contributed by atoms with Crippen LogP contribution in [0.25, 0.3) is 22.0 Å². The summed E-state index contributed by atoms with van der Waals surface area (Å²) in [6.07, 6.45) is 1.44. The Labute approximate surface area is 298 Å². The van der Waals surface area contributed by atoms with E-state index >= 15 is 0 Å². The summed E-state index contributed by atoms with van der Waals surface area (Å²) in [6.45, 7) is 5.03. The van der Waals surface area contributed by atoms with Gasteiger partial charge in [-0.25, -0.2) is 4.79 Å². The third kappa shape index (κ3) is 11.0. The van der Waals surface area contributed by atoms with Gasteiger partial charge in [-0.2, -0.15) is 13.2 Å². The Bertz CT molecular complexity index is 1900. The maximum absolute atomic E-state index is 13.7. The molecule has 0 bridgehead atoms. The predicted molar refractivity (Wildman–Crippen MR) is 194 cm³/mol. The second-order valence-corrected chi connectivity index (χ2v) is 13.4. The summed E-state index contributed by atoms with van der Waals surface area (Å²) in [5.74, 6) is -2.64. The Kier molecular flexibility index (Phi) is 13.0. The Morgan fingerprint density at radius 2 is 1.63 bits per heavy atom. The molecule has 1 aliphatic heterocycles. The van der Waals surface area contributed by atoms with Gasteiger partial charge in [0.2, 0.25) is 5.91 Å². The molecule has 3 N–H and O–H groups in total. The first kappa shape index (κ1) is 37.3. The number of carbonyl (C=O) groups excluding carboxylic acids is 2. The third-order valence-corrected chi connectivity index (χ3v) is 9.69. The van der Waals surface area contributed by atoms with E-state index in [4.69, 9.17) is 9.90 Å². The van der Waals surface area contributed by atoms with Crippen LogP contribution >= 0.6 is 11.3 Å². The molecule has 0 aliphatic carbocycles. The molecule has 2 aromatic heterocycles. The average molecular weight is 719 g/mol. The highest BCUT2D eigenvalue weighted by Crippen LogP contribution is 2.24. The highest BCUT2D eigenvalue weighted by molar-refractivity contribution is 7.09. The summed E-state index contributed by atoms with van der Waals surface area (Å²) >= 11 is 1.73. The van der Waals surface area contributed by atoms with E-state index in [9.17, 15) is 22.8 Å². The molecule has 12 heteroatoms. The van der Waals surface area contributed by atoms with Gasteiger partial charge in [-0.15, -0.1) is 11.3 Å². The number of aromatic amines is 1. The van der Waals surface area contributed by atoms with Crippen LogP contribution in [-0.2, 0) is 29.0 Å². The zero-order chi connectivity index (χ0) is 36.2. The number of nitrogens with one attached hydrogen (secondary N) is 2. The number of H-pyrrole nitrogens is 1. The van der Waals surface area contributed by atoms with Crippen LogP contribution in [0.1, 0.15) is 45.6 Å². The van der Waals surface area contributed by atoms with Gasteiger partial charge in [0, 0.05) is 60.1 Å². The number of likely N-dealkylation sites (tertiary alicyclic amines) is 1. The SMILES string of the molecule is O=C(NCCN1CCCC1)c1cccc(-c2cccc(CN(CCc3cccs3)C(=O)CCc3c[nH]c4ccccc34)c2)c1.O=C(O)C(F)(F)F. The third-order valence-electron chi connectivity index (χ3n) is 8.76. The topological polar surface area (TPSA) is 106 Å². The number of hydrogen-bond donors (Lipinski definition) is 3. The largest absolute Gasteiger partial charge is 0.490 e. The number of carbonyl (C=O) groups is 3. The molecule has 0 atom stereocenters. The second-order valence-electron chi connectivity index (χ2n) is 12.4. The van der Waals surface area contributed by atoms with Crippen molar-refractivity contribution in [1.29, 1.82) is 0 Å². The Balaban J connectivity index is 0.000000654. The van der Waals surface area contributed by atoms with Crippen molar-refractivity contribution < 1.29 is 32.7 Å². The van der Waals surface area contributed by atoms with Gasteiger partial charge in [0.1, 0.15) is 0 Å². The molecule has 2 amide bonds. The minimum Gasteiger partial charge on any atom is -0.475 e. The number of alkyl halides is 3. The summed E-state index contributed by atoms with van der Waals surface area (Å²) in [7, 11) is 0. The smallest absolute Gasteiger partial charge is 0.475 e. The fourth-order valence-electron chi connectivity index (χ4n) is 6.08. The summed E-state index contributed by atoms with van der Waals surface area (Å²) in [5.41, 5.74) is 6.06. The molecular formula is C39H41F3N4O4S. The Morgan fingerprint density at radius 1 is 0.902 bits per heavy atom. The molecule has 5 aromatic rings. The van der Waals surface area contributed by atoms with E-state index in [0.717, 1.165) is 48.3 Å². The van der Waals surface area contributed by atoms with Crippen molar-refractivity contribution in [3.63, 3.8) is 0 Å². The molecule has 0 spiro atoms. The highest BCUT2D eigenvalue weighted by atomic mass is 32.1. The van der Waals surface area contributed by atoms with E-state index in [1.807, 2.05) is 53.6 Å². The number of aliphatic carboxylic acids is 1. The fraction of sp³-hybridized carbons (Fsp3) is 0.308. The number of aryl methyl sites for hydroxylation is 1. The number of amides is 2. The molecule has 1 aliphatic rings. The summed E-state index contributed by atoms with van der Waals surface area (Å²) in [5, 5.41) is 13.5. The number of thiophene rings is 1. The van der Waals surface area contributed by atoms with Gasteiger partial charge in [0.15, 0.2) is 0 Å². The lowest BCUT2D eigenvalue weighted by Gasteiger charge is -2.23. The van der Waals surface area contributed by atoms with Crippen molar-refractivity contribution >= 4 is 40.0 Å². The number of benzene rings is 3. The van der Waals surface area contributed by atoms with E-state index in [0.29, 0.717) is 38.0 Å². The normalized spacial score (nSPS) is 13.1. The quantitative estimate of drug-likeness (QED) is 0.117. The minimum atomic E-state index is -5.08. The van der Waals surface area contributed by atoms with Crippen LogP contribution in [0, 0.1) is 0 Å². The van der Waals surface area contributed by atoms with Crippen LogP contribution in [0.3, 0.4) is 0 Å². The number of fused-ring (bicyclic) bond motifs is 1. The fourth-order valence-corrected chi connectivity index (χ4v) is 6.77. The van der Waals surface area contributed by atoms with Crippen molar-refractivity contribution in [3.8, 4) is 11.1 Å². The van der Waals surface area contributed by atoms with Crippen LogP contribution in [0.5, 0.6) is 0 Å². The highest BCUT2D eigenvalue weighted by Gasteiger charge is 2.38. The number of aromatic nitrogens is 1. The van der Waals surface area contributed by atoms with Gasteiger partial charge in [-0.3, -0.25) is 9.59 Å². The molecule has 8 nitrogen and oxygen atoms in total. The maximum atomic E-state index is 13.7. The van der Waals surface area contributed by atoms with Gasteiger partial charge in [0.05, 0.1) is 0 Å². The molecule has 3 aromatic carbocycles. The first-order valence-electron chi connectivity index (χ1n) is 16.9. The number of nitrogens with zero attached hydrogens (tertiary/aromatic N) is 2. The van der Waals surface area contributed by atoms with E-state index in [1.54, 1.807) is 11.3 Å². The molecule has 0 saturated carbocycles. The van der Waals surface area contributed by atoms with Crippen LogP contribution in [-0.4, -0.2) is 76.6 Å². The predicted octanol–water partition coefficient (Wildman–Crippen LogP) is 7.56. The van der Waals surface area contributed by atoms with Crippen molar-refractivity contribution in [2.24, 2.45) is 0 Å². The summed E-state index contributed by atoms with van der Waals surface area (Å²) in [4.78, 5) is 44.5. The number of para-hydroxylation sites is 1. The maximum Gasteiger partial charge on any atom is 0.490 e. The van der Waals surface area contributed by atoms with E-state index < -0.39 is 12.1 Å². The van der Waals surface area contributed by atoms with Crippen molar-refractivity contribution in [3.05, 3.63) is 118 Å². The first-order valence-corrected chi connectivity index (χ1v) is 17.8. The standard InChI is InChI=1S/C37H40N4O2S.C2HF3O2/c42-36(16-15-32-26-39-35-14-2-1-13-34(32)35)41(21-17-33-12-7-23-44-33)27-28-8-5-9-29(24-28)30-10-6-11-31(25-30)37(43)38-18-22-40-19-3-4-20-40;3-2(4,5)1(6)7/h1-2,5-14,23-26,39H,3-4,15-22,27H2,(H,38,43);(H,6,7).